The maximum Gasteiger partial charge on any atom is -0.00489 e. The van der Waals surface area contributed by atoms with E-state index in [0.29, 0.717) is 0 Å². The van der Waals surface area contributed by atoms with E-state index >= 15 is 0 Å². The third-order valence-electron chi connectivity index (χ3n) is 1.73. The third kappa shape index (κ3) is 9.92. The maximum absolute atomic E-state index is 5.38. The molecule has 0 saturated carbocycles. The molecule has 0 atom stereocenters. The van der Waals surface area contributed by atoms with Crippen molar-refractivity contribution in [2.24, 2.45) is 5.73 Å². The molecule has 0 rings (SSSR count). The van der Waals surface area contributed by atoms with Gasteiger partial charge in [0, 0.05) is 0 Å². The number of nitrogens with two attached hydrogens (primary N) is 1. The number of nitrogens with one attached hydrogen (secondary N) is 1. The Kier molecular flexibility index (Phi) is 9.85. The zero-order valence-electron chi connectivity index (χ0n) is 7.73. The molecule has 0 heterocycles. The van der Waals surface area contributed by atoms with Gasteiger partial charge in [0.25, 0.3) is 0 Å². The van der Waals surface area contributed by atoms with Crippen LogP contribution in [0, 0.1) is 0 Å². The van der Waals surface area contributed by atoms with Gasteiger partial charge in [0.15, 0.2) is 0 Å². The van der Waals surface area contributed by atoms with Crippen LogP contribution in [0.5, 0.6) is 0 Å². The van der Waals surface area contributed by atoms with Crippen LogP contribution in [-0.4, -0.2) is 19.6 Å². The lowest BCUT2D eigenvalue weighted by Crippen LogP contribution is -2.15. The summed E-state index contributed by atoms with van der Waals surface area (Å²) < 4.78 is 0. The first-order valence-electron chi connectivity index (χ1n) is 4.82. The Labute approximate surface area is 70.5 Å². The van der Waals surface area contributed by atoms with Crippen molar-refractivity contribution < 1.29 is 0 Å². The third-order valence-corrected chi connectivity index (χ3v) is 1.73. The monoisotopic (exact) mass is 158 g/mol. The van der Waals surface area contributed by atoms with Crippen molar-refractivity contribution in [2.45, 2.75) is 39.0 Å². The van der Waals surface area contributed by atoms with Crippen LogP contribution >= 0.6 is 0 Å². The highest BCUT2D eigenvalue weighted by atomic mass is 14.8. The highest BCUT2D eigenvalue weighted by Gasteiger charge is 1.87. The quantitative estimate of drug-likeness (QED) is 0.525. The standard InChI is InChI=1S/C9H22N2/c1-2-8-11-9-6-4-3-5-7-10/h11H,2-10H2,1H3. The summed E-state index contributed by atoms with van der Waals surface area (Å²) in [4.78, 5) is 0. The lowest BCUT2D eigenvalue weighted by Gasteiger charge is -2.01. The second-order valence-corrected chi connectivity index (χ2v) is 2.95. The Bertz CT molecular complexity index is 56.6. The first kappa shape index (κ1) is 10.9. The molecule has 0 fully saturated rings. The Morgan fingerprint density at radius 1 is 1.00 bits per heavy atom. The van der Waals surface area contributed by atoms with Crippen LogP contribution in [0.3, 0.4) is 0 Å². The van der Waals surface area contributed by atoms with Gasteiger partial charge in [-0.1, -0.05) is 19.8 Å². The van der Waals surface area contributed by atoms with Crippen LogP contribution in [0.15, 0.2) is 0 Å². The summed E-state index contributed by atoms with van der Waals surface area (Å²) in [5, 5.41) is 3.38. The van der Waals surface area contributed by atoms with E-state index in [1.54, 1.807) is 0 Å². The molecule has 0 unspecified atom stereocenters. The Balaban J connectivity index is 2.69. The largest absolute Gasteiger partial charge is 0.330 e. The molecule has 11 heavy (non-hydrogen) atoms. The van der Waals surface area contributed by atoms with E-state index in [1.165, 1.54) is 38.6 Å². The maximum atomic E-state index is 5.38. The molecule has 0 bridgehead atoms. The summed E-state index contributed by atoms with van der Waals surface area (Å²) in [6.07, 6.45) is 6.36. The topological polar surface area (TPSA) is 38.0 Å². The van der Waals surface area contributed by atoms with Gasteiger partial charge in [0.2, 0.25) is 0 Å². The molecule has 0 aliphatic rings. The summed E-state index contributed by atoms with van der Waals surface area (Å²) in [5.41, 5.74) is 5.38. The van der Waals surface area contributed by atoms with Crippen molar-refractivity contribution in [1.29, 1.82) is 0 Å². The predicted molar refractivity (Wildman–Crippen MR) is 50.7 cm³/mol. The molecular weight excluding hydrogens is 136 g/mol. The van der Waals surface area contributed by atoms with Gasteiger partial charge >= 0.3 is 0 Å². The fourth-order valence-corrected chi connectivity index (χ4v) is 1.05. The molecule has 0 aliphatic heterocycles. The van der Waals surface area contributed by atoms with Gasteiger partial charge in [-0.3, -0.25) is 0 Å². The highest BCUT2D eigenvalue weighted by Crippen LogP contribution is 1.96. The van der Waals surface area contributed by atoms with E-state index in [9.17, 15) is 0 Å². The van der Waals surface area contributed by atoms with Crippen molar-refractivity contribution >= 4 is 0 Å². The molecule has 0 saturated heterocycles. The van der Waals surface area contributed by atoms with E-state index in [0.717, 1.165) is 13.1 Å². The zero-order valence-corrected chi connectivity index (χ0v) is 7.73. The van der Waals surface area contributed by atoms with Crippen molar-refractivity contribution in [1.82, 2.24) is 5.32 Å². The lowest BCUT2D eigenvalue weighted by atomic mass is 10.2. The molecule has 2 heteroatoms. The summed E-state index contributed by atoms with van der Waals surface area (Å²) in [6, 6.07) is 0. The molecule has 0 aromatic rings. The fourth-order valence-electron chi connectivity index (χ4n) is 1.05. The molecule has 0 aromatic carbocycles. The zero-order chi connectivity index (χ0) is 8.36. The van der Waals surface area contributed by atoms with Crippen LogP contribution in [0.1, 0.15) is 39.0 Å². The van der Waals surface area contributed by atoms with Crippen LogP contribution in [0.4, 0.5) is 0 Å². The summed E-state index contributed by atoms with van der Waals surface area (Å²) in [5.74, 6) is 0. The minimum atomic E-state index is 0.850. The molecule has 0 spiro atoms. The Morgan fingerprint density at radius 2 is 1.73 bits per heavy atom. The van der Waals surface area contributed by atoms with Crippen LogP contribution in [-0.2, 0) is 0 Å². The van der Waals surface area contributed by atoms with Gasteiger partial charge in [-0.25, -0.2) is 0 Å². The number of hydrogen-bond donors (Lipinski definition) is 2. The predicted octanol–water partition coefficient (Wildman–Crippen LogP) is 1.51. The summed E-state index contributed by atoms with van der Waals surface area (Å²) in [6.45, 7) is 5.39. The minimum absolute atomic E-state index is 0.850. The van der Waals surface area contributed by atoms with Gasteiger partial charge in [-0.15, -0.1) is 0 Å². The first-order valence-corrected chi connectivity index (χ1v) is 4.82. The smallest absolute Gasteiger partial charge is 0.00489 e. The molecule has 0 aliphatic carbocycles. The second-order valence-electron chi connectivity index (χ2n) is 2.95. The van der Waals surface area contributed by atoms with Gasteiger partial charge in [-0.2, -0.15) is 0 Å². The summed E-state index contributed by atoms with van der Waals surface area (Å²) in [7, 11) is 0. The van der Waals surface area contributed by atoms with Crippen molar-refractivity contribution in [3.05, 3.63) is 0 Å². The first-order chi connectivity index (χ1) is 5.41. The lowest BCUT2D eigenvalue weighted by molar-refractivity contribution is 0.587. The summed E-state index contributed by atoms with van der Waals surface area (Å²) >= 11 is 0. The Hall–Kier alpha value is -0.0800. The van der Waals surface area contributed by atoms with E-state index in [-0.39, 0.29) is 0 Å². The van der Waals surface area contributed by atoms with E-state index < -0.39 is 0 Å². The normalized spacial score (nSPS) is 10.4. The number of hydrogen-bond acceptors (Lipinski definition) is 2. The number of unbranched alkanes of at least 4 members (excludes halogenated alkanes) is 3. The second kappa shape index (κ2) is 9.92. The molecule has 0 amide bonds. The van der Waals surface area contributed by atoms with Crippen LogP contribution in [0.2, 0.25) is 0 Å². The van der Waals surface area contributed by atoms with E-state index in [2.05, 4.69) is 12.2 Å². The van der Waals surface area contributed by atoms with Crippen LogP contribution in [0.25, 0.3) is 0 Å². The number of rotatable bonds is 8. The minimum Gasteiger partial charge on any atom is -0.330 e. The molecule has 3 N–H and O–H groups in total. The fraction of sp³-hybridized carbons (Fsp3) is 1.00. The van der Waals surface area contributed by atoms with Gasteiger partial charge < -0.3 is 11.1 Å². The van der Waals surface area contributed by atoms with Gasteiger partial charge in [0.05, 0.1) is 0 Å². The SMILES string of the molecule is CCCNCCCCCCN. The van der Waals surface area contributed by atoms with E-state index in [1.807, 2.05) is 0 Å². The average Bonchev–Trinajstić information content (AvgIpc) is 2.03. The molecule has 0 aromatic heterocycles. The van der Waals surface area contributed by atoms with Gasteiger partial charge in [0.1, 0.15) is 0 Å². The van der Waals surface area contributed by atoms with E-state index in [4.69, 9.17) is 5.73 Å². The van der Waals surface area contributed by atoms with Crippen molar-refractivity contribution in [3.63, 3.8) is 0 Å². The molecule has 2 nitrogen and oxygen atoms in total. The van der Waals surface area contributed by atoms with Crippen LogP contribution < -0.4 is 11.1 Å². The van der Waals surface area contributed by atoms with Crippen molar-refractivity contribution in [3.8, 4) is 0 Å². The average molecular weight is 158 g/mol. The molecule has 0 radical (unpaired) electrons. The van der Waals surface area contributed by atoms with Crippen molar-refractivity contribution in [2.75, 3.05) is 19.6 Å². The van der Waals surface area contributed by atoms with Gasteiger partial charge in [-0.05, 0) is 38.9 Å². The highest BCUT2D eigenvalue weighted by molar-refractivity contribution is 4.48. The molecule has 68 valence electrons. The Morgan fingerprint density at radius 3 is 2.36 bits per heavy atom. The molecular formula is C9H22N2.